The fourth-order valence-corrected chi connectivity index (χ4v) is 1.89. The van der Waals surface area contributed by atoms with E-state index in [1.54, 1.807) is 19.2 Å². The SMILES string of the molecule is Cc1cncc(C(N)c2cc(C(F)(F)F)ccc2F)c1. The van der Waals surface area contributed by atoms with E-state index in [2.05, 4.69) is 4.98 Å². The minimum Gasteiger partial charge on any atom is -0.320 e. The van der Waals surface area contributed by atoms with Gasteiger partial charge in [0.05, 0.1) is 11.6 Å². The van der Waals surface area contributed by atoms with Gasteiger partial charge in [0.25, 0.3) is 0 Å². The molecule has 6 heteroatoms. The van der Waals surface area contributed by atoms with Gasteiger partial charge in [-0.1, -0.05) is 6.07 Å². The van der Waals surface area contributed by atoms with Crippen molar-refractivity contribution in [2.45, 2.75) is 19.1 Å². The maximum atomic E-state index is 13.7. The Kier molecular flexibility index (Phi) is 3.76. The summed E-state index contributed by atoms with van der Waals surface area (Å²) in [6.07, 6.45) is -1.54. The largest absolute Gasteiger partial charge is 0.416 e. The molecule has 2 N–H and O–H groups in total. The van der Waals surface area contributed by atoms with E-state index in [1.165, 1.54) is 6.20 Å². The van der Waals surface area contributed by atoms with Crippen molar-refractivity contribution < 1.29 is 17.6 Å². The van der Waals surface area contributed by atoms with E-state index in [0.29, 0.717) is 11.6 Å². The standard InChI is InChI=1S/C14H12F4N2/c1-8-4-9(7-20-6-8)13(19)11-5-10(14(16,17)18)2-3-12(11)15/h2-7,13H,19H2,1H3. The van der Waals surface area contributed by atoms with Crippen molar-refractivity contribution in [3.8, 4) is 0 Å². The van der Waals surface area contributed by atoms with Crippen LogP contribution < -0.4 is 5.73 Å². The van der Waals surface area contributed by atoms with Crippen molar-refractivity contribution >= 4 is 0 Å². The third-order valence-corrected chi connectivity index (χ3v) is 2.91. The Morgan fingerprint density at radius 1 is 1.15 bits per heavy atom. The molecule has 2 aromatic rings. The molecule has 1 aromatic carbocycles. The van der Waals surface area contributed by atoms with Crippen LogP contribution in [0.4, 0.5) is 17.6 Å². The molecule has 1 unspecified atom stereocenters. The van der Waals surface area contributed by atoms with E-state index in [0.717, 1.165) is 17.7 Å². The Morgan fingerprint density at radius 3 is 2.45 bits per heavy atom. The van der Waals surface area contributed by atoms with Crippen LogP contribution in [0.3, 0.4) is 0 Å². The topological polar surface area (TPSA) is 38.9 Å². The van der Waals surface area contributed by atoms with E-state index in [9.17, 15) is 17.6 Å². The van der Waals surface area contributed by atoms with Crippen molar-refractivity contribution in [3.63, 3.8) is 0 Å². The molecule has 0 radical (unpaired) electrons. The summed E-state index contributed by atoms with van der Waals surface area (Å²) in [6.45, 7) is 1.77. The van der Waals surface area contributed by atoms with Crippen LogP contribution in [-0.4, -0.2) is 4.98 Å². The molecule has 0 aliphatic carbocycles. The maximum Gasteiger partial charge on any atom is 0.416 e. The zero-order valence-electron chi connectivity index (χ0n) is 10.6. The average Bonchev–Trinajstić information content (AvgIpc) is 2.37. The number of hydrogen-bond donors (Lipinski definition) is 1. The fraction of sp³-hybridized carbons (Fsp3) is 0.214. The van der Waals surface area contributed by atoms with Crippen LogP contribution in [0.2, 0.25) is 0 Å². The number of halogens is 4. The lowest BCUT2D eigenvalue weighted by molar-refractivity contribution is -0.137. The number of hydrogen-bond acceptors (Lipinski definition) is 2. The van der Waals surface area contributed by atoms with Gasteiger partial charge >= 0.3 is 6.18 Å². The van der Waals surface area contributed by atoms with Crippen LogP contribution in [0.15, 0.2) is 36.7 Å². The third-order valence-electron chi connectivity index (χ3n) is 2.91. The van der Waals surface area contributed by atoms with Gasteiger partial charge in [0.1, 0.15) is 5.82 Å². The predicted octanol–water partition coefficient (Wildman–Crippen LogP) is 3.60. The molecule has 0 aliphatic rings. The maximum absolute atomic E-state index is 13.7. The van der Waals surface area contributed by atoms with Gasteiger partial charge < -0.3 is 5.73 Å². The Hall–Kier alpha value is -1.95. The number of aryl methyl sites for hydroxylation is 1. The lowest BCUT2D eigenvalue weighted by Gasteiger charge is -2.16. The summed E-state index contributed by atoms with van der Waals surface area (Å²) in [6, 6.07) is 2.88. The number of pyridine rings is 1. The van der Waals surface area contributed by atoms with E-state index < -0.39 is 23.6 Å². The molecular weight excluding hydrogens is 272 g/mol. The molecule has 0 bridgehead atoms. The second-order valence-electron chi connectivity index (χ2n) is 4.51. The van der Waals surface area contributed by atoms with Gasteiger partial charge in [0.2, 0.25) is 0 Å². The van der Waals surface area contributed by atoms with E-state index in [1.807, 2.05) is 0 Å². The summed E-state index contributed by atoms with van der Waals surface area (Å²) in [4.78, 5) is 3.91. The highest BCUT2D eigenvalue weighted by Gasteiger charge is 2.31. The molecule has 1 heterocycles. The molecule has 106 valence electrons. The van der Waals surface area contributed by atoms with Crippen molar-refractivity contribution in [2.75, 3.05) is 0 Å². The van der Waals surface area contributed by atoms with E-state index in [-0.39, 0.29) is 5.56 Å². The summed E-state index contributed by atoms with van der Waals surface area (Å²) < 4.78 is 51.7. The molecule has 2 nitrogen and oxygen atoms in total. The monoisotopic (exact) mass is 284 g/mol. The number of alkyl halides is 3. The Bertz CT molecular complexity index is 623. The number of benzene rings is 1. The second-order valence-corrected chi connectivity index (χ2v) is 4.51. The van der Waals surface area contributed by atoms with Crippen LogP contribution in [0.5, 0.6) is 0 Å². The molecule has 0 saturated heterocycles. The normalized spacial score (nSPS) is 13.3. The molecule has 2 rings (SSSR count). The molecule has 1 atom stereocenters. The van der Waals surface area contributed by atoms with Gasteiger partial charge in [-0.05, 0) is 36.2 Å². The van der Waals surface area contributed by atoms with Crippen molar-refractivity contribution in [2.24, 2.45) is 5.73 Å². The molecule has 0 spiro atoms. The van der Waals surface area contributed by atoms with Crippen molar-refractivity contribution in [3.05, 3.63) is 64.7 Å². The van der Waals surface area contributed by atoms with E-state index >= 15 is 0 Å². The molecule has 0 saturated carbocycles. The summed E-state index contributed by atoms with van der Waals surface area (Å²) >= 11 is 0. The molecule has 20 heavy (non-hydrogen) atoms. The first-order chi connectivity index (χ1) is 9.29. The lowest BCUT2D eigenvalue weighted by Crippen LogP contribution is -2.16. The van der Waals surface area contributed by atoms with Crippen LogP contribution in [0.1, 0.15) is 28.3 Å². The third kappa shape index (κ3) is 2.96. The molecular formula is C14H12F4N2. The predicted molar refractivity (Wildman–Crippen MR) is 66.4 cm³/mol. The van der Waals surface area contributed by atoms with Crippen LogP contribution in [0, 0.1) is 12.7 Å². The number of nitrogens with zero attached hydrogens (tertiary/aromatic N) is 1. The zero-order chi connectivity index (χ0) is 14.9. The smallest absolute Gasteiger partial charge is 0.320 e. The van der Waals surface area contributed by atoms with Crippen LogP contribution in [-0.2, 0) is 6.18 Å². The first kappa shape index (κ1) is 14.5. The van der Waals surface area contributed by atoms with Gasteiger partial charge in [-0.15, -0.1) is 0 Å². The van der Waals surface area contributed by atoms with Crippen LogP contribution >= 0.6 is 0 Å². The fourth-order valence-electron chi connectivity index (χ4n) is 1.89. The van der Waals surface area contributed by atoms with Gasteiger partial charge in [0.15, 0.2) is 0 Å². The number of aromatic nitrogens is 1. The quantitative estimate of drug-likeness (QED) is 0.856. The Labute approximate surface area is 113 Å². The van der Waals surface area contributed by atoms with Crippen molar-refractivity contribution in [1.29, 1.82) is 0 Å². The van der Waals surface area contributed by atoms with Gasteiger partial charge in [-0.2, -0.15) is 13.2 Å². The summed E-state index contributed by atoms with van der Waals surface area (Å²) in [5.74, 6) is -0.771. The first-order valence-electron chi connectivity index (χ1n) is 5.83. The molecule has 0 amide bonds. The highest BCUT2D eigenvalue weighted by molar-refractivity contribution is 5.35. The van der Waals surface area contributed by atoms with Gasteiger partial charge in [-0.3, -0.25) is 4.98 Å². The van der Waals surface area contributed by atoms with E-state index in [4.69, 9.17) is 5.73 Å². The summed E-state index contributed by atoms with van der Waals surface area (Å²) in [7, 11) is 0. The zero-order valence-corrected chi connectivity index (χ0v) is 10.6. The highest BCUT2D eigenvalue weighted by atomic mass is 19.4. The number of rotatable bonds is 2. The highest BCUT2D eigenvalue weighted by Crippen LogP contribution is 2.32. The van der Waals surface area contributed by atoms with Gasteiger partial charge in [-0.25, -0.2) is 4.39 Å². The Morgan fingerprint density at radius 2 is 1.85 bits per heavy atom. The van der Waals surface area contributed by atoms with Crippen molar-refractivity contribution in [1.82, 2.24) is 4.98 Å². The minimum atomic E-state index is -4.53. The summed E-state index contributed by atoms with van der Waals surface area (Å²) in [5, 5.41) is 0. The summed E-state index contributed by atoms with van der Waals surface area (Å²) in [5.41, 5.74) is 5.98. The molecule has 0 aliphatic heterocycles. The van der Waals surface area contributed by atoms with Crippen LogP contribution in [0.25, 0.3) is 0 Å². The molecule has 1 aromatic heterocycles. The minimum absolute atomic E-state index is 0.202. The lowest BCUT2D eigenvalue weighted by atomic mass is 9.97. The first-order valence-corrected chi connectivity index (χ1v) is 5.83. The molecule has 0 fully saturated rings. The second kappa shape index (κ2) is 5.20. The number of nitrogens with two attached hydrogens (primary N) is 1. The average molecular weight is 284 g/mol. The Balaban J connectivity index is 2.46. The van der Waals surface area contributed by atoms with Gasteiger partial charge in [0, 0.05) is 18.0 Å².